The summed E-state index contributed by atoms with van der Waals surface area (Å²) in [5.74, 6) is 0. The predicted octanol–water partition coefficient (Wildman–Crippen LogP) is 2.51. The normalized spacial score (nSPS) is 10.9. The van der Waals surface area contributed by atoms with Gasteiger partial charge in [-0.15, -0.1) is 0 Å². The van der Waals surface area contributed by atoms with Gasteiger partial charge in [0, 0.05) is 6.21 Å². The smallest absolute Gasteiger partial charge is 0.303 e. The standard InChI is InChI=1S/C13H11N.H3O4P/c1-3-7-12(8-4-1)11-14-13-9-5-2-6-10-13;1-5(2,3)4/h1-11H;(H3,1,2,3,4). The van der Waals surface area contributed by atoms with Gasteiger partial charge in [-0.2, -0.15) is 0 Å². The number of benzene rings is 2. The van der Waals surface area contributed by atoms with E-state index >= 15 is 0 Å². The minimum absolute atomic E-state index is 0.983. The minimum atomic E-state index is -4.64. The molecule has 2 rings (SSSR count). The molecule has 0 aliphatic rings. The lowest BCUT2D eigenvalue weighted by Crippen LogP contribution is -1.77. The summed E-state index contributed by atoms with van der Waals surface area (Å²) < 4.78 is 8.88. The maximum Gasteiger partial charge on any atom is 0.466 e. The highest BCUT2D eigenvalue weighted by molar-refractivity contribution is 7.45. The molecule has 19 heavy (non-hydrogen) atoms. The third kappa shape index (κ3) is 8.88. The zero-order valence-electron chi connectivity index (χ0n) is 10.00. The molecule has 0 bridgehead atoms. The van der Waals surface area contributed by atoms with Crippen LogP contribution in [-0.2, 0) is 4.57 Å². The third-order valence-electron chi connectivity index (χ3n) is 1.92. The van der Waals surface area contributed by atoms with Crippen molar-refractivity contribution in [2.75, 3.05) is 0 Å². The Bertz CT molecular complexity index is 502. The van der Waals surface area contributed by atoms with Crippen LogP contribution in [0.15, 0.2) is 65.7 Å². The predicted molar refractivity (Wildman–Crippen MR) is 74.4 cm³/mol. The monoisotopic (exact) mass is 279 g/mol. The van der Waals surface area contributed by atoms with Gasteiger partial charge < -0.3 is 14.7 Å². The second-order valence-corrected chi connectivity index (χ2v) is 4.54. The van der Waals surface area contributed by atoms with Crippen LogP contribution in [0.3, 0.4) is 0 Å². The van der Waals surface area contributed by atoms with Crippen molar-refractivity contribution in [3.05, 3.63) is 66.2 Å². The first-order valence-electron chi connectivity index (χ1n) is 5.37. The van der Waals surface area contributed by atoms with E-state index in [1.54, 1.807) is 0 Å². The number of hydrogen-bond donors (Lipinski definition) is 3. The maximum atomic E-state index is 8.88. The largest absolute Gasteiger partial charge is 0.466 e. The fourth-order valence-corrected chi connectivity index (χ4v) is 1.20. The number of nitrogens with zero attached hydrogens (tertiary/aromatic N) is 1. The molecule has 0 saturated carbocycles. The van der Waals surface area contributed by atoms with Crippen molar-refractivity contribution in [1.82, 2.24) is 0 Å². The van der Waals surface area contributed by atoms with E-state index in [-0.39, 0.29) is 0 Å². The molecule has 0 radical (unpaired) electrons. The molecule has 3 N–H and O–H groups in total. The average Bonchev–Trinajstić information content (AvgIpc) is 2.37. The van der Waals surface area contributed by atoms with Crippen LogP contribution in [0.25, 0.3) is 0 Å². The molecular formula is C13H14NO4P. The molecule has 2 aromatic rings. The van der Waals surface area contributed by atoms with E-state index < -0.39 is 7.82 Å². The van der Waals surface area contributed by atoms with Crippen LogP contribution in [-0.4, -0.2) is 20.9 Å². The molecular weight excluding hydrogens is 265 g/mol. The lowest BCUT2D eigenvalue weighted by atomic mass is 10.2. The molecule has 0 amide bonds. The first-order valence-corrected chi connectivity index (χ1v) is 6.94. The van der Waals surface area contributed by atoms with Gasteiger partial charge in [-0.05, 0) is 17.7 Å². The second kappa shape index (κ2) is 7.61. The molecule has 0 unspecified atom stereocenters. The molecule has 0 atom stereocenters. The Kier molecular flexibility index (Phi) is 6.12. The van der Waals surface area contributed by atoms with Gasteiger partial charge in [0.2, 0.25) is 0 Å². The van der Waals surface area contributed by atoms with Crippen LogP contribution in [0.5, 0.6) is 0 Å². The summed E-state index contributed by atoms with van der Waals surface area (Å²) in [6, 6.07) is 20.0. The zero-order chi connectivity index (χ0) is 14.1. The van der Waals surface area contributed by atoms with Crippen molar-refractivity contribution in [3.63, 3.8) is 0 Å². The lowest BCUT2D eigenvalue weighted by molar-refractivity contribution is 0.275. The first kappa shape index (κ1) is 15.3. The molecule has 5 nitrogen and oxygen atoms in total. The average molecular weight is 279 g/mol. The molecule has 0 aliphatic carbocycles. The fraction of sp³-hybridized carbons (Fsp3) is 0. The van der Waals surface area contributed by atoms with Gasteiger partial charge >= 0.3 is 7.82 Å². The summed E-state index contributed by atoms with van der Waals surface area (Å²) in [6.45, 7) is 0. The van der Waals surface area contributed by atoms with Crippen molar-refractivity contribution in [1.29, 1.82) is 0 Å². The summed E-state index contributed by atoms with van der Waals surface area (Å²) in [6.07, 6.45) is 1.87. The van der Waals surface area contributed by atoms with E-state index in [0.29, 0.717) is 0 Å². The van der Waals surface area contributed by atoms with Gasteiger partial charge in [0.05, 0.1) is 5.69 Å². The van der Waals surface area contributed by atoms with Crippen LogP contribution in [0.2, 0.25) is 0 Å². The van der Waals surface area contributed by atoms with Gasteiger partial charge in [-0.1, -0.05) is 48.5 Å². The maximum absolute atomic E-state index is 8.88. The molecule has 0 aliphatic heterocycles. The van der Waals surface area contributed by atoms with Gasteiger partial charge in [0.25, 0.3) is 0 Å². The van der Waals surface area contributed by atoms with Crippen LogP contribution < -0.4 is 0 Å². The quantitative estimate of drug-likeness (QED) is 0.582. The number of rotatable bonds is 2. The molecule has 0 spiro atoms. The van der Waals surface area contributed by atoms with Gasteiger partial charge in [0.1, 0.15) is 0 Å². The summed E-state index contributed by atoms with van der Waals surface area (Å²) in [5.41, 5.74) is 2.10. The Hall–Kier alpha value is -1.78. The van der Waals surface area contributed by atoms with Crippen molar-refractivity contribution in [3.8, 4) is 0 Å². The SMILES string of the molecule is C(=Nc1ccccc1)c1ccccc1.O=P(O)(O)O. The fourth-order valence-electron chi connectivity index (χ4n) is 1.20. The lowest BCUT2D eigenvalue weighted by Gasteiger charge is -1.92. The van der Waals surface area contributed by atoms with Crippen LogP contribution in [0.4, 0.5) is 5.69 Å². The van der Waals surface area contributed by atoms with E-state index in [1.165, 1.54) is 0 Å². The highest BCUT2D eigenvalue weighted by Gasteiger charge is 2.00. The first-order chi connectivity index (χ1) is 8.95. The molecule has 0 heterocycles. The molecule has 2 aromatic carbocycles. The molecule has 0 saturated heterocycles. The molecule has 6 heteroatoms. The summed E-state index contributed by atoms with van der Waals surface area (Å²) in [4.78, 5) is 25.9. The Morgan fingerprint density at radius 1 is 0.842 bits per heavy atom. The van der Waals surface area contributed by atoms with Crippen molar-refractivity contribution in [2.45, 2.75) is 0 Å². The molecule has 0 aromatic heterocycles. The summed E-state index contributed by atoms with van der Waals surface area (Å²) >= 11 is 0. The van der Waals surface area contributed by atoms with E-state index in [9.17, 15) is 0 Å². The van der Waals surface area contributed by atoms with Crippen molar-refractivity contribution in [2.24, 2.45) is 4.99 Å². The van der Waals surface area contributed by atoms with Crippen molar-refractivity contribution < 1.29 is 19.2 Å². The van der Waals surface area contributed by atoms with Gasteiger partial charge in [-0.25, -0.2) is 4.57 Å². The summed E-state index contributed by atoms with van der Waals surface area (Å²) in [7, 11) is -4.64. The Balaban J connectivity index is 0.000000312. The Morgan fingerprint density at radius 2 is 1.26 bits per heavy atom. The number of phosphoric acid groups is 1. The van der Waals surface area contributed by atoms with Crippen LogP contribution >= 0.6 is 7.82 Å². The van der Waals surface area contributed by atoms with E-state index in [4.69, 9.17) is 19.2 Å². The van der Waals surface area contributed by atoms with E-state index in [0.717, 1.165) is 11.3 Å². The van der Waals surface area contributed by atoms with E-state index in [2.05, 4.69) is 4.99 Å². The van der Waals surface area contributed by atoms with Crippen LogP contribution in [0, 0.1) is 0 Å². The van der Waals surface area contributed by atoms with Crippen LogP contribution in [0.1, 0.15) is 5.56 Å². The van der Waals surface area contributed by atoms with Crippen molar-refractivity contribution >= 4 is 19.7 Å². The Morgan fingerprint density at radius 3 is 1.74 bits per heavy atom. The van der Waals surface area contributed by atoms with Gasteiger partial charge in [-0.3, -0.25) is 4.99 Å². The second-order valence-electron chi connectivity index (χ2n) is 3.52. The molecule has 100 valence electrons. The summed E-state index contributed by atoms with van der Waals surface area (Å²) in [5, 5.41) is 0. The third-order valence-corrected chi connectivity index (χ3v) is 1.92. The minimum Gasteiger partial charge on any atom is -0.303 e. The highest BCUT2D eigenvalue weighted by atomic mass is 31.2. The highest BCUT2D eigenvalue weighted by Crippen LogP contribution is 2.25. The Labute approximate surface area is 111 Å². The number of para-hydroxylation sites is 1. The van der Waals surface area contributed by atoms with E-state index in [1.807, 2.05) is 66.9 Å². The topological polar surface area (TPSA) is 90.1 Å². The zero-order valence-corrected chi connectivity index (χ0v) is 10.9. The number of aliphatic imine (C=N–C) groups is 1. The molecule has 0 fully saturated rings. The van der Waals surface area contributed by atoms with Gasteiger partial charge in [0.15, 0.2) is 0 Å². The number of hydrogen-bond acceptors (Lipinski definition) is 2.